The highest BCUT2D eigenvalue weighted by molar-refractivity contribution is 7.51. The second kappa shape index (κ2) is 5.17. The van der Waals surface area contributed by atoms with Gasteiger partial charge in [0.05, 0.1) is 12.9 Å². The van der Waals surface area contributed by atoms with E-state index in [-0.39, 0.29) is 12.4 Å². The van der Waals surface area contributed by atoms with Crippen molar-refractivity contribution in [3.05, 3.63) is 12.7 Å². The first kappa shape index (κ1) is 13.8. The highest BCUT2D eigenvalue weighted by Crippen LogP contribution is 2.34. The fourth-order valence-electron chi connectivity index (χ4n) is 1.42. The Bertz CT molecular complexity index is 629. The Morgan fingerprint density at radius 2 is 2.21 bits per heavy atom. The zero-order valence-electron chi connectivity index (χ0n) is 9.55. The molecule has 0 aliphatic carbocycles. The van der Waals surface area contributed by atoms with Gasteiger partial charge in [0, 0.05) is 0 Å². The monoisotopic (exact) mass is 291 g/mol. The molecule has 104 valence electrons. The summed E-state index contributed by atoms with van der Waals surface area (Å²) in [5, 5.41) is 0. The average Bonchev–Trinajstić information content (AvgIpc) is 2.71. The van der Waals surface area contributed by atoms with Crippen LogP contribution in [-0.2, 0) is 15.8 Å². The Morgan fingerprint density at radius 3 is 2.89 bits per heavy atom. The van der Waals surface area contributed by atoms with Crippen LogP contribution in [0.25, 0.3) is 11.2 Å². The van der Waals surface area contributed by atoms with Crippen LogP contribution < -0.4 is 5.73 Å². The lowest BCUT2D eigenvalue weighted by atomic mass is 10.5. The summed E-state index contributed by atoms with van der Waals surface area (Å²) in [5.41, 5.74) is 6.20. The number of fused-ring (bicyclic) bond motifs is 1. The number of alkyl halides is 1. The number of hydrogen-bond acceptors (Lipinski definition) is 6. The number of hydrogen-bond donors (Lipinski definition) is 3. The maximum Gasteiger partial charge on any atom is 0.351 e. The minimum absolute atomic E-state index is 0.162. The fourth-order valence-corrected chi connectivity index (χ4v) is 1.77. The van der Waals surface area contributed by atoms with Gasteiger partial charge in [-0.1, -0.05) is 0 Å². The van der Waals surface area contributed by atoms with E-state index in [9.17, 15) is 8.96 Å². The molecule has 2 aromatic heterocycles. The third-order valence-corrected chi connectivity index (χ3v) is 2.68. The molecule has 0 saturated carbocycles. The quantitative estimate of drug-likeness (QED) is 0.647. The number of nitrogens with zero attached hydrogens (tertiary/aromatic N) is 4. The van der Waals surface area contributed by atoms with E-state index in [0.29, 0.717) is 11.2 Å². The number of nitrogen functional groups attached to an aromatic ring is 1. The SMILES string of the molecule is Nc1ncnc2c1ncn2C[C@H](F)OCP(=O)(O)O. The van der Waals surface area contributed by atoms with E-state index in [2.05, 4.69) is 19.7 Å². The van der Waals surface area contributed by atoms with Crippen LogP contribution in [0.3, 0.4) is 0 Å². The predicted octanol–water partition coefficient (Wildman–Crippen LogP) is -0.144. The molecule has 0 fully saturated rings. The van der Waals surface area contributed by atoms with E-state index < -0.39 is 20.3 Å². The minimum Gasteiger partial charge on any atom is -0.382 e. The van der Waals surface area contributed by atoms with Crippen molar-refractivity contribution in [2.45, 2.75) is 12.9 Å². The smallest absolute Gasteiger partial charge is 0.351 e. The van der Waals surface area contributed by atoms with Crippen LogP contribution in [0.15, 0.2) is 12.7 Å². The molecule has 0 amide bonds. The standard InChI is InChI=1S/C8H11FN5O4P/c9-5(18-4-19(15,16)17)1-14-3-13-6-7(10)11-2-12-8(6)14/h2-3,5H,1,4H2,(H2,10,11,12)(H2,15,16,17)/t5-/m1/s1. The molecule has 19 heavy (non-hydrogen) atoms. The van der Waals surface area contributed by atoms with Crippen molar-refractivity contribution < 1.29 is 23.5 Å². The van der Waals surface area contributed by atoms with Crippen molar-refractivity contribution in [2.24, 2.45) is 0 Å². The molecule has 2 heterocycles. The van der Waals surface area contributed by atoms with Gasteiger partial charge in [0.1, 0.15) is 11.8 Å². The third-order valence-electron chi connectivity index (χ3n) is 2.19. The van der Waals surface area contributed by atoms with Crippen molar-refractivity contribution in [1.82, 2.24) is 19.5 Å². The van der Waals surface area contributed by atoms with E-state index >= 15 is 0 Å². The van der Waals surface area contributed by atoms with E-state index in [1.165, 1.54) is 17.2 Å². The highest BCUT2D eigenvalue weighted by atomic mass is 31.2. The van der Waals surface area contributed by atoms with E-state index in [1.807, 2.05) is 0 Å². The van der Waals surface area contributed by atoms with Gasteiger partial charge >= 0.3 is 7.60 Å². The van der Waals surface area contributed by atoms with Crippen molar-refractivity contribution in [2.75, 3.05) is 12.1 Å². The van der Waals surface area contributed by atoms with E-state index in [4.69, 9.17) is 15.5 Å². The molecule has 11 heteroatoms. The molecule has 0 aliphatic rings. The summed E-state index contributed by atoms with van der Waals surface area (Å²) in [6, 6.07) is 0. The summed E-state index contributed by atoms with van der Waals surface area (Å²) in [6.45, 7) is -0.313. The first-order chi connectivity index (χ1) is 8.87. The Balaban J connectivity index is 2.09. The largest absolute Gasteiger partial charge is 0.382 e. The topological polar surface area (TPSA) is 136 Å². The first-order valence-corrected chi connectivity index (χ1v) is 6.88. The van der Waals surface area contributed by atoms with Crippen molar-refractivity contribution >= 4 is 24.6 Å². The Kier molecular flexibility index (Phi) is 3.76. The van der Waals surface area contributed by atoms with Crippen LogP contribution in [0.4, 0.5) is 10.2 Å². The second-order valence-electron chi connectivity index (χ2n) is 3.70. The predicted molar refractivity (Wildman–Crippen MR) is 62.6 cm³/mol. The normalized spacial score (nSPS) is 13.8. The average molecular weight is 291 g/mol. The number of nitrogens with two attached hydrogens (primary N) is 1. The lowest BCUT2D eigenvalue weighted by molar-refractivity contribution is -0.0323. The molecule has 4 N–H and O–H groups in total. The number of halogens is 1. The van der Waals surface area contributed by atoms with Crippen LogP contribution in [-0.4, -0.2) is 42.0 Å². The number of rotatable bonds is 5. The van der Waals surface area contributed by atoms with Gasteiger partial charge in [-0.3, -0.25) is 4.57 Å². The second-order valence-corrected chi connectivity index (χ2v) is 5.29. The Morgan fingerprint density at radius 1 is 1.47 bits per heavy atom. The maximum atomic E-state index is 13.4. The van der Waals surface area contributed by atoms with Crippen LogP contribution >= 0.6 is 7.60 Å². The Labute approximate surface area is 106 Å². The molecule has 0 radical (unpaired) electrons. The van der Waals surface area contributed by atoms with Gasteiger partial charge in [-0.2, -0.15) is 0 Å². The third kappa shape index (κ3) is 3.44. The van der Waals surface area contributed by atoms with Crippen LogP contribution in [0.1, 0.15) is 0 Å². The minimum atomic E-state index is -4.40. The van der Waals surface area contributed by atoms with Crippen LogP contribution in [0.5, 0.6) is 0 Å². The molecule has 2 rings (SSSR count). The van der Waals surface area contributed by atoms with Gasteiger partial charge < -0.3 is 24.8 Å². The Hall–Kier alpha value is -1.61. The molecule has 0 spiro atoms. The van der Waals surface area contributed by atoms with Crippen LogP contribution in [0.2, 0.25) is 0 Å². The number of ether oxygens (including phenoxy) is 1. The van der Waals surface area contributed by atoms with E-state index in [0.717, 1.165) is 0 Å². The molecular weight excluding hydrogens is 280 g/mol. The number of aromatic nitrogens is 4. The molecule has 9 nitrogen and oxygen atoms in total. The van der Waals surface area contributed by atoms with Gasteiger partial charge in [-0.25, -0.2) is 19.3 Å². The summed E-state index contributed by atoms with van der Waals surface area (Å²) >= 11 is 0. The highest BCUT2D eigenvalue weighted by Gasteiger charge is 2.19. The van der Waals surface area contributed by atoms with Gasteiger partial charge in [0.15, 0.2) is 17.8 Å². The van der Waals surface area contributed by atoms with Gasteiger partial charge in [0.25, 0.3) is 0 Å². The van der Waals surface area contributed by atoms with Crippen molar-refractivity contribution in [1.29, 1.82) is 0 Å². The lowest BCUT2D eigenvalue weighted by Crippen LogP contribution is -2.16. The van der Waals surface area contributed by atoms with Crippen molar-refractivity contribution in [3.8, 4) is 0 Å². The lowest BCUT2D eigenvalue weighted by Gasteiger charge is -2.11. The molecule has 1 atom stereocenters. The van der Waals surface area contributed by atoms with Gasteiger partial charge in [0.2, 0.25) is 6.36 Å². The molecule has 0 saturated heterocycles. The molecular formula is C8H11FN5O4P. The number of imidazole rings is 1. The molecule has 2 aromatic rings. The maximum absolute atomic E-state index is 13.4. The summed E-state index contributed by atoms with van der Waals surface area (Å²) < 4.78 is 29.7. The summed E-state index contributed by atoms with van der Waals surface area (Å²) in [7, 11) is -4.40. The molecule has 0 aliphatic heterocycles. The molecule has 0 unspecified atom stereocenters. The summed E-state index contributed by atoms with van der Waals surface area (Å²) in [6.07, 6.45) is -0.387. The zero-order valence-corrected chi connectivity index (χ0v) is 10.4. The van der Waals surface area contributed by atoms with Gasteiger partial charge in [-0.05, 0) is 0 Å². The molecule has 0 aromatic carbocycles. The summed E-state index contributed by atoms with van der Waals surface area (Å²) in [4.78, 5) is 28.7. The number of anilines is 1. The molecule has 0 bridgehead atoms. The van der Waals surface area contributed by atoms with Gasteiger partial charge in [-0.15, -0.1) is 0 Å². The van der Waals surface area contributed by atoms with Crippen LogP contribution in [0, 0.1) is 0 Å². The van der Waals surface area contributed by atoms with Crippen molar-refractivity contribution in [3.63, 3.8) is 0 Å². The fraction of sp³-hybridized carbons (Fsp3) is 0.375. The first-order valence-electron chi connectivity index (χ1n) is 5.08. The summed E-state index contributed by atoms with van der Waals surface area (Å²) in [5.74, 6) is 0.162. The van der Waals surface area contributed by atoms with E-state index in [1.54, 1.807) is 0 Å². The zero-order chi connectivity index (χ0) is 14.0.